The summed E-state index contributed by atoms with van der Waals surface area (Å²) >= 11 is 3.47. The lowest BCUT2D eigenvalue weighted by atomic mass is 9.64. The van der Waals surface area contributed by atoms with Crippen molar-refractivity contribution in [1.29, 1.82) is 0 Å². The number of hydrogen-bond acceptors (Lipinski definition) is 3. The van der Waals surface area contributed by atoms with Crippen LogP contribution in [0.15, 0.2) is 41.0 Å². The maximum atomic E-state index is 4.69. The average Bonchev–Trinajstić information content (AvgIpc) is 2.40. The molecule has 0 bridgehead atoms. The number of nitrogens with zero attached hydrogens (tertiary/aromatic N) is 2. The number of benzene rings is 1. The van der Waals surface area contributed by atoms with Crippen LogP contribution in [-0.2, 0) is 5.41 Å². The normalized spacial score (nSPS) is 16.7. The lowest BCUT2D eigenvalue weighted by Crippen LogP contribution is -2.37. The molecule has 0 saturated heterocycles. The summed E-state index contributed by atoms with van der Waals surface area (Å²) in [5.74, 6) is 1.78. The molecule has 1 N–H and O–H groups in total. The second-order valence-corrected chi connectivity index (χ2v) is 5.80. The molecule has 2 aromatic rings. The highest BCUT2D eigenvalue weighted by atomic mass is 79.9. The molecule has 0 aliphatic heterocycles. The molecule has 0 radical (unpaired) electrons. The van der Waals surface area contributed by atoms with Crippen molar-refractivity contribution in [3.05, 3.63) is 52.4 Å². The predicted octanol–water partition coefficient (Wildman–Crippen LogP) is 3.75. The Morgan fingerprint density at radius 3 is 2.53 bits per heavy atom. The smallest absolute Gasteiger partial charge is 0.143 e. The van der Waals surface area contributed by atoms with Crippen molar-refractivity contribution >= 4 is 21.7 Å². The maximum Gasteiger partial charge on any atom is 0.143 e. The van der Waals surface area contributed by atoms with Gasteiger partial charge >= 0.3 is 0 Å². The zero-order valence-corrected chi connectivity index (χ0v) is 12.4. The van der Waals surface area contributed by atoms with Gasteiger partial charge in [0.2, 0.25) is 0 Å². The van der Waals surface area contributed by atoms with E-state index in [1.165, 1.54) is 12.0 Å². The lowest BCUT2D eigenvalue weighted by Gasteiger charge is -2.41. The third kappa shape index (κ3) is 2.04. The van der Waals surface area contributed by atoms with Crippen molar-refractivity contribution in [2.75, 3.05) is 12.4 Å². The second-order valence-electron chi connectivity index (χ2n) is 4.94. The molecule has 1 fully saturated rings. The van der Waals surface area contributed by atoms with Gasteiger partial charge in [-0.1, -0.05) is 36.8 Å². The zero-order chi connectivity index (χ0) is 13.3. The molecule has 1 aromatic carbocycles. The fourth-order valence-corrected chi connectivity index (χ4v) is 3.09. The summed E-state index contributed by atoms with van der Waals surface area (Å²) in [7, 11) is 1.88. The van der Waals surface area contributed by atoms with Crippen LogP contribution in [-0.4, -0.2) is 17.0 Å². The number of nitrogens with one attached hydrogen (secondary N) is 1. The van der Waals surface area contributed by atoms with Crippen molar-refractivity contribution in [3.63, 3.8) is 0 Å². The Morgan fingerprint density at radius 2 is 1.95 bits per heavy atom. The third-order valence-electron chi connectivity index (χ3n) is 3.94. The Labute approximate surface area is 121 Å². The van der Waals surface area contributed by atoms with Gasteiger partial charge in [-0.15, -0.1) is 0 Å². The van der Waals surface area contributed by atoms with Crippen molar-refractivity contribution < 1.29 is 0 Å². The van der Waals surface area contributed by atoms with Crippen LogP contribution in [0.4, 0.5) is 5.82 Å². The molecule has 1 heterocycles. The van der Waals surface area contributed by atoms with Crippen LogP contribution in [0.5, 0.6) is 0 Å². The number of halogens is 1. The topological polar surface area (TPSA) is 37.8 Å². The molecule has 98 valence electrons. The first-order valence-corrected chi connectivity index (χ1v) is 7.32. The van der Waals surface area contributed by atoms with E-state index in [-0.39, 0.29) is 5.41 Å². The van der Waals surface area contributed by atoms with Gasteiger partial charge in [0.1, 0.15) is 11.6 Å². The third-order valence-corrected chi connectivity index (χ3v) is 4.52. The highest BCUT2D eigenvalue weighted by Crippen LogP contribution is 2.47. The molecule has 1 saturated carbocycles. The molecular formula is C15H16BrN3. The summed E-state index contributed by atoms with van der Waals surface area (Å²) in [6, 6.07) is 10.6. The predicted molar refractivity (Wildman–Crippen MR) is 80.4 cm³/mol. The summed E-state index contributed by atoms with van der Waals surface area (Å²) < 4.78 is 0.904. The molecule has 4 heteroatoms. The minimum atomic E-state index is 0.00750. The van der Waals surface area contributed by atoms with Crippen molar-refractivity contribution in [3.8, 4) is 0 Å². The van der Waals surface area contributed by atoms with E-state index in [9.17, 15) is 0 Å². The molecule has 3 nitrogen and oxygen atoms in total. The van der Waals surface area contributed by atoms with E-state index >= 15 is 0 Å². The van der Waals surface area contributed by atoms with Crippen molar-refractivity contribution in [2.24, 2.45) is 0 Å². The molecule has 0 unspecified atom stereocenters. The van der Waals surface area contributed by atoms with Gasteiger partial charge in [-0.05, 0) is 34.3 Å². The van der Waals surface area contributed by atoms with Crippen LogP contribution in [0, 0.1) is 0 Å². The Bertz CT molecular complexity index is 579. The zero-order valence-electron chi connectivity index (χ0n) is 10.9. The molecule has 1 aliphatic carbocycles. The van der Waals surface area contributed by atoms with Gasteiger partial charge in [-0.2, -0.15) is 0 Å². The second kappa shape index (κ2) is 4.93. The minimum Gasteiger partial charge on any atom is -0.372 e. The number of aromatic nitrogens is 2. The molecule has 0 amide bonds. The largest absolute Gasteiger partial charge is 0.372 e. The Balaban J connectivity index is 2.08. The molecule has 3 rings (SSSR count). The Morgan fingerprint density at radius 1 is 1.21 bits per heavy atom. The average molecular weight is 318 g/mol. The van der Waals surface area contributed by atoms with E-state index in [1.54, 1.807) is 0 Å². The van der Waals surface area contributed by atoms with Crippen LogP contribution in [0.25, 0.3) is 0 Å². The fourth-order valence-electron chi connectivity index (χ4n) is 2.70. The highest BCUT2D eigenvalue weighted by molar-refractivity contribution is 9.10. The number of rotatable bonds is 3. The summed E-state index contributed by atoms with van der Waals surface area (Å²) in [5.41, 5.74) is 1.33. The molecule has 1 aromatic heterocycles. The van der Waals surface area contributed by atoms with E-state index in [0.29, 0.717) is 0 Å². The van der Waals surface area contributed by atoms with Crippen molar-refractivity contribution in [2.45, 2.75) is 24.7 Å². The lowest BCUT2D eigenvalue weighted by molar-refractivity contribution is 0.285. The number of anilines is 1. The summed E-state index contributed by atoms with van der Waals surface area (Å²) in [6.07, 6.45) is 5.34. The molecule has 19 heavy (non-hydrogen) atoms. The molecule has 0 atom stereocenters. The summed E-state index contributed by atoms with van der Waals surface area (Å²) in [6.45, 7) is 0. The Kier molecular flexibility index (Phi) is 3.27. The van der Waals surface area contributed by atoms with E-state index < -0.39 is 0 Å². The van der Waals surface area contributed by atoms with E-state index in [1.807, 2.05) is 13.2 Å². The van der Waals surface area contributed by atoms with Gasteiger partial charge < -0.3 is 5.32 Å². The van der Waals surface area contributed by atoms with Gasteiger partial charge in [-0.3, -0.25) is 0 Å². The quantitative estimate of drug-likeness (QED) is 0.936. The first-order valence-electron chi connectivity index (χ1n) is 6.52. The van der Waals surface area contributed by atoms with Crippen LogP contribution >= 0.6 is 15.9 Å². The van der Waals surface area contributed by atoms with Crippen molar-refractivity contribution in [1.82, 2.24) is 9.97 Å². The monoisotopic (exact) mass is 317 g/mol. The first kappa shape index (κ1) is 12.6. The first-order chi connectivity index (χ1) is 9.26. The standard InChI is InChI=1S/C15H16BrN3/c1-17-13-12(16)10-18-14(19-13)15(8-5-9-15)11-6-3-2-4-7-11/h2-4,6-7,10H,5,8-9H2,1H3,(H,17,18,19). The van der Waals surface area contributed by atoms with E-state index in [0.717, 1.165) is 29.0 Å². The summed E-state index contributed by atoms with van der Waals surface area (Å²) in [4.78, 5) is 9.25. The van der Waals surface area contributed by atoms with Crippen LogP contribution in [0.1, 0.15) is 30.7 Å². The SMILES string of the molecule is CNc1nc(C2(c3ccccc3)CCC2)ncc1Br. The van der Waals surface area contributed by atoms with E-state index in [4.69, 9.17) is 4.98 Å². The van der Waals surface area contributed by atoms with Crippen LogP contribution < -0.4 is 5.32 Å². The minimum absolute atomic E-state index is 0.00750. The molecular weight excluding hydrogens is 302 g/mol. The van der Waals surface area contributed by atoms with Gasteiger partial charge in [0.05, 0.1) is 9.89 Å². The highest BCUT2D eigenvalue weighted by Gasteiger charge is 2.43. The Hall–Kier alpha value is -1.42. The van der Waals surface area contributed by atoms with Crippen LogP contribution in [0.2, 0.25) is 0 Å². The van der Waals surface area contributed by atoms with Crippen LogP contribution in [0.3, 0.4) is 0 Å². The van der Waals surface area contributed by atoms with Gasteiger partial charge in [0.25, 0.3) is 0 Å². The maximum absolute atomic E-state index is 4.69. The fraction of sp³-hybridized carbons (Fsp3) is 0.333. The van der Waals surface area contributed by atoms with Gasteiger partial charge in [0.15, 0.2) is 0 Å². The summed E-state index contributed by atoms with van der Waals surface area (Å²) in [5, 5.41) is 3.11. The van der Waals surface area contributed by atoms with Gasteiger partial charge in [0, 0.05) is 13.2 Å². The van der Waals surface area contributed by atoms with E-state index in [2.05, 4.69) is 56.6 Å². The molecule has 1 aliphatic rings. The number of hydrogen-bond donors (Lipinski definition) is 1. The van der Waals surface area contributed by atoms with Gasteiger partial charge in [-0.25, -0.2) is 9.97 Å². The molecule has 0 spiro atoms.